The van der Waals surface area contributed by atoms with Crippen LogP contribution in [-0.2, 0) is 4.79 Å². The molecule has 4 saturated carbocycles. The maximum absolute atomic E-state index is 15.1. The predicted octanol–water partition coefficient (Wildman–Crippen LogP) is 3.52. The van der Waals surface area contributed by atoms with Crippen LogP contribution in [0.3, 0.4) is 0 Å². The van der Waals surface area contributed by atoms with E-state index in [1.165, 1.54) is 0 Å². The number of aliphatic hydroxyl groups is 2. The van der Waals surface area contributed by atoms with Crippen LogP contribution in [0.15, 0.2) is 0 Å². The Morgan fingerprint density at radius 1 is 1.04 bits per heavy atom. The Morgan fingerprint density at radius 3 is 2.44 bits per heavy atom. The molecule has 0 aromatic heterocycles. The lowest BCUT2D eigenvalue weighted by Gasteiger charge is -2.57. The lowest BCUT2D eigenvalue weighted by Crippen LogP contribution is -2.54. The highest BCUT2D eigenvalue weighted by molar-refractivity contribution is 5.83. The van der Waals surface area contributed by atoms with E-state index in [1.807, 2.05) is 6.92 Å². The van der Waals surface area contributed by atoms with Crippen molar-refractivity contribution in [3.05, 3.63) is 0 Å². The van der Waals surface area contributed by atoms with E-state index in [9.17, 15) is 15.0 Å². The third-order valence-corrected chi connectivity index (χ3v) is 8.79. The van der Waals surface area contributed by atoms with Gasteiger partial charge in [-0.25, -0.2) is 4.39 Å². The first-order chi connectivity index (χ1) is 11.8. The highest BCUT2D eigenvalue weighted by Crippen LogP contribution is 2.65. The Kier molecular flexibility index (Phi) is 4.31. The topological polar surface area (TPSA) is 57.5 Å². The summed E-state index contributed by atoms with van der Waals surface area (Å²) in [7, 11) is 0. The molecule has 0 heterocycles. The Bertz CT molecular complexity index is 547. The largest absolute Gasteiger partial charge is 0.390 e. The monoisotopic (exact) mass is 352 g/mol. The van der Waals surface area contributed by atoms with Crippen molar-refractivity contribution in [2.24, 2.45) is 40.9 Å². The number of carbonyl (C=O) groups excluding carboxylic acids is 1. The first kappa shape index (κ1) is 17.9. The zero-order valence-corrected chi connectivity index (χ0v) is 15.6. The van der Waals surface area contributed by atoms with E-state index in [0.29, 0.717) is 36.5 Å². The number of carbonyl (C=O) groups is 1. The van der Waals surface area contributed by atoms with E-state index in [1.54, 1.807) is 0 Å². The number of aliphatic hydroxyl groups excluding tert-OH is 1. The van der Waals surface area contributed by atoms with Gasteiger partial charge in [-0.3, -0.25) is 4.79 Å². The number of hydrogen-bond donors (Lipinski definition) is 2. The molecular formula is C21H33FO3. The second-order valence-electron chi connectivity index (χ2n) is 10.1. The first-order valence-electron chi connectivity index (χ1n) is 10.3. The third-order valence-electron chi connectivity index (χ3n) is 8.79. The second-order valence-corrected chi connectivity index (χ2v) is 10.1. The molecule has 0 radical (unpaired) electrons. The summed E-state index contributed by atoms with van der Waals surface area (Å²) in [4.78, 5) is 12.2. The number of ketones is 1. The molecule has 4 fully saturated rings. The summed E-state index contributed by atoms with van der Waals surface area (Å²) in [6.45, 7) is 3.73. The normalized spacial score (nSPS) is 55.2. The molecule has 0 aromatic carbocycles. The zero-order valence-electron chi connectivity index (χ0n) is 15.6. The van der Waals surface area contributed by atoms with Gasteiger partial charge in [-0.2, -0.15) is 0 Å². The van der Waals surface area contributed by atoms with Gasteiger partial charge in [0.05, 0.1) is 5.60 Å². The number of hydrogen-bond acceptors (Lipinski definition) is 3. The van der Waals surface area contributed by atoms with Gasteiger partial charge in [0.15, 0.2) is 5.78 Å². The number of halogens is 1. The van der Waals surface area contributed by atoms with Crippen molar-refractivity contribution in [1.82, 2.24) is 0 Å². The number of alkyl halides is 1. The molecule has 4 heteroatoms. The minimum absolute atomic E-state index is 0.0114. The minimum Gasteiger partial charge on any atom is -0.390 e. The smallest absolute Gasteiger partial charge is 0.161 e. The molecule has 9 atom stereocenters. The second kappa shape index (κ2) is 6.02. The third kappa shape index (κ3) is 2.70. The molecule has 0 bridgehead atoms. The molecular weight excluding hydrogens is 319 g/mol. The van der Waals surface area contributed by atoms with E-state index in [2.05, 4.69) is 6.92 Å². The standard InChI is InChI=1S/C21H33FO3/c1-20(25)7-5-13-12-6-8-21(2)16(3-4-17(21)19(24)11-23)14(12)9-18(22)15(13)10-20/h12-18,23,25H,3-11H2,1-2H3. The highest BCUT2D eigenvalue weighted by Gasteiger charge is 2.60. The lowest BCUT2D eigenvalue weighted by atomic mass is 9.48. The van der Waals surface area contributed by atoms with Crippen LogP contribution in [0, 0.1) is 40.9 Å². The van der Waals surface area contributed by atoms with Crippen molar-refractivity contribution in [1.29, 1.82) is 0 Å². The van der Waals surface area contributed by atoms with E-state index in [0.717, 1.165) is 38.5 Å². The summed E-state index contributed by atoms with van der Waals surface area (Å²) < 4.78 is 15.1. The molecule has 2 N–H and O–H groups in total. The van der Waals surface area contributed by atoms with Crippen LogP contribution in [0.1, 0.15) is 65.2 Å². The number of rotatable bonds is 2. The molecule has 4 rings (SSSR count). The van der Waals surface area contributed by atoms with Gasteiger partial charge in [-0.15, -0.1) is 0 Å². The molecule has 0 aliphatic heterocycles. The Morgan fingerprint density at radius 2 is 1.72 bits per heavy atom. The molecule has 4 aliphatic carbocycles. The van der Waals surface area contributed by atoms with Gasteiger partial charge in [-0.1, -0.05) is 6.92 Å². The first-order valence-corrected chi connectivity index (χ1v) is 10.3. The van der Waals surface area contributed by atoms with Crippen molar-refractivity contribution < 1.29 is 19.4 Å². The van der Waals surface area contributed by atoms with Gasteiger partial charge in [0.25, 0.3) is 0 Å². The molecule has 142 valence electrons. The molecule has 0 saturated heterocycles. The average Bonchev–Trinajstić information content (AvgIpc) is 2.91. The summed E-state index contributed by atoms with van der Waals surface area (Å²) >= 11 is 0. The van der Waals surface area contributed by atoms with Crippen LogP contribution in [0.2, 0.25) is 0 Å². The van der Waals surface area contributed by atoms with Crippen LogP contribution in [-0.4, -0.2) is 34.4 Å². The molecule has 9 unspecified atom stereocenters. The highest BCUT2D eigenvalue weighted by atomic mass is 19.1. The van der Waals surface area contributed by atoms with Gasteiger partial charge in [-0.05, 0) is 93.3 Å². The minimum atomic E-state index is -0.812. The Balaban J connectivity index is 1.58. The van der Waals surface area contributed by atoms with Crippen LogP contribution in [0.5, 0.6) is 0 Å². The van der Waals surface area contributed by atoms with Crippen molar-refractivity contribution in [3.63, 3.8) is 0 Å². The summed E-state index contributed by atoms with van der Waals surface area (Å²) in [6, 6.07) is 0. The molecule has 25 heavy (non-hydrogen) atoms. The summed E-state index contributed by atoms with van der Waals surface area (Å²) in [6.07, 6.45) is 6.14. The van der Waals surface area contributed by atoms with Crippen molar-refractivity contribution in [2.75, 3.05) is 6.61 Å². The predicted molar refractivity (Wildman–Crippen MR) is 93.6 cm³/mol. The van der Waals surface area contributed by atoms with E-state index in [4.69, 9.17) is 0 Å². The van der Waals surface area contributed by atoms with Gasteiger partial charge in [0, 0.05) is 5.92 Å². The molecule has 4 aliphatic rings. The number of fused-ring (bicyclic) bond motifs is 5. The van der Waals surface area contributed by atoms with Crippen LogP contribution in [0.4, 0.5) is 4.39 Å². The fourth-order valence-electron chi connectivity index (χ4n) is 7.64. The van der Waals surface area contributed by atoms with Crippen molar-refractivity contribution >= 4 is 5.78 Å². The molecule has 3 nitrogen and oxygen atoms in total. The van der Waals surface area contributed by atoms with Crippen LogP contribution < -0.4 is 0 Å². The summed E-state index contributed by atoms with van der Waals surface area (Å²) in [5.41, 5.74) is -0.749. The SMILES string of the molecule is CC1(O)CCC2C(C1)C(F)CC1C2CCC2(C)C(C(=O)CO)CCC12. The van der Waals surface area contributed by atoms with Crippen molar-refractivity contribution in [2.45, 2.75) is 77.0 Å². The van der Waals surface area contributed by atoms with Crippen LogP contribution in [0.25, 0.3) is 0 Å². The number of Topliss-reactive ketones (excluding diaryl/α,β-unsaturated/α-hetero) is 1. The maximum atomic E-state index is 15.1. The Labute approximate surface area is 150 Å². The Hall–Kier alpha value is -0.480. The maximum Gasteiger partial charge on any atom is 0.161 e. The quantitative estimate of drug-likeness (QED) is 0.799. The van der Waals surface area contributed by atoms with Gasteiger partial charge >= 0.3 is 0 Å². The fraction of sp³-hybridized carbons (Fsp3) is 0.952. The lowest BCUT2D eigenvalue weighted by molar-refractivity contribution is -0.140. The zero-order chi connectivity index (χ0) is 18.0. The van der Waals surface area contributed by atoms with Crippen LogP contribution >= 0.6 is 0 Å². The summed E-state index contributed by atoms with van der Waals surface area (Å²) in [5.74, 6) is 1.75. The average molecular weight is 352 g/mol. The van der Waals surface area contributed by atoms with E-state index < -0.39 is 11.8 Å². The van der Waals surface area contributed by atoms with Gasteiger partial charge in [0.2, 0.25) is 0 Å². The van der Waals surface area contributed by atoms with E-state index in [-0.39, 0.29) is 29.6 Å². The fourth-order valence-corrected chi connectivity index (χ4v) is 7.64. The van der Waals surface area contributed by atoms with Gasteiger partial charge in [0.1, 0.15) is 12.8 Å². The summed E-state index contributed by atoms with van der Waals surface area (Å²) in [5, 5.41) is 19.8. The molecule has 0 aromatic rings. The van der Waals surface area contributed by atoms with E-state index >= 15 is 4.39 Å². The molecule has 0 amide bonds. The van der Waals surface area contributed by atoms with Gasteiger partial charge < -0.3 is 10.2 Å². The van der Waals surface area contributed by atoms with Crippen molar-refractivity contribution in [3.8, 4) is 0 Å². The molecule has 0 spiro atoms.